The van der Waals surface area contributed by atoms with Crippen molar-refractivity contribution >= 4 is 27.8 Å². The summed E-state index contributed by atoms with van der Waals surface area (Å²) in [7, 11) is -3.64. The molecule has 0 aliphatic rings. The second-order valence-electron chi connectivity index (χ2n) is 3.58. The summed E-state index contributed by atoms with van der Waals surface area (Å²) >= 11 is 5.80. The number of halogens is 1. The highest BCUT2D eigenvalue weighted by atomic mass is 35.5. The first-order valence-corrected chi connectivity index (χ1v) is 7.01. The first-order valence-electron chi connectivity index (χ1n) is 5.19. The maximum atomic E-state index is 11.9. The van der Waals surface area contributed by atoms with Gasteiger partial charge < -0.3 is 0 Å². The summed E-state index contributed by atoms with van der Waals surface area (Å²) in [6, 6.07) is 14.9. The van der Waals surface area contributed by atoms with Gasteiger partial charge in [0, 0.05) is 11.2 Å². The Morgan fingerprint density at radius 1 is 1.00 bits per heavy atom. The van der Waals surface area contributed by atoms with Gasteiger partial charge in [0.2, 0.25) is 0 Å². The van der Waals surface area contributed by atoms with Crippen LogP contribution in [0.1, 0.15) is 5.56 Å². The largest absolute Gasteiger partial charge is 0.282 e. The molecular formula is C13H10ClNO2S. The molecule has 18 heavy (non-hydrogen) atoms. The fraction of sp³-hybridized carbons (Fsp3) is 0. The molecule has 0 aliphatic heterocycles. The van der Waals surface area contributed by atoms with Gasteiger partial charge >= 0.3 is 0 Å². The van der Waals surface area contributed by atoms with Crippen molar-refractivity contribution in [1.82, 2.24) is 0 Å². The number of nitrogens with zero attached hydrogens (tertiary/aromatic N) is 1. The van der Waals surface area contributed by atoms with Crippen molar-refractivity contribution in [3.63, 3.8) is 0 Å². The predicted molar refractivity (Wildman–Crippen MR) is 72.7 cm³/mol. The lowest BCUT2D eigenvalue weighted by Crippen LogP contribution is -1.97. The second kappa shape index (κ2) is 5.33. The van der Waals surface area contributed by atoms with E-state index in [1.54, 1.807) is 42.5 Å². The molecule has 92 valence electrons. The van der Waals surface area contributed by atoms with Gasteiger partial charge in [-0.3, -0.25) is 0 Å². The number of benzene rings is 2. The van der Waals surface area contributed by atoms with E-state index < -0.39 is 10.0 Å². The molecule has 0 fully saturated rings. The number of hydrogen-bond acceptors (Lipinski definition) is 2. The van der Waals surface area contributed by atoms with E-state index in [9.17, 15) is 8.42 Å². The minimum absolute atomic E-state index is 0.170. The lowest BCUT2D eigenvalue weighted by molar-refractivity contribution is 0.598. The average molecular weight is 280 g/mol. The zero-order valence-corrected chi connectivity index (χ0v) is 10.9. The molecule has 0 aromatic heterocycles. The van der Waals surface area contributed by atoms with Crippen LogP contribution in [0, 0.1) is 0 Å². The van der Waals surface area contributed by atoms with Crippen molar-refractivity contribution in [2.45, 2.75) is 4.90 Å². The van der Waals surface area contributed by atoms with Crippen molar-refractivity contribution in [2.75, 3.05) is 0 Å². The quantitative estimate of drug-likeness (QED) is 0.810. The number of sulfonamides is 1. The fourth-order valence-electron chi connectivity index (χ4n) is 1.37. The van der Waals surface area contributed by atoms with Crippen LogP contribution in [0.15, 0.2) is 63.9 Å². The molecule has 5 heteroatoms. The Kier molecular flexibility index (Phi) is 3.79. The van der Waals surface area contributed by atoms with E-state index in [-0.39, 0.29) is 4.90 Å². The smallest absolute Gasteiger partial charge is 0.199 e. The molecule has 2 aromatic carbocycles. The number of rotatable bonds is 3. The topological polar surface area (TPSA) is 46.5 Å². The Bertz CT molecular complexity index is 666. The minimum atomic E-state index is -3.64. The van der Waals surface area contributed by atoms with E-state index in [1.165, 1.54) is 18.3 Å². The Balaban J connectivity index is 2.29. The zero-order valence-electron chi connectivity index (χ0n) is 9.32. The van der Waals surface area contributed by atoms with E-state index >= 15 is 0 Å². The van der Waals surface area contributed by atoms with Crippen LogP contribution in [0.5, 0.6) is 0 Å². The van der Waals surface area contributed by atoms with Crippen LogP contribution in [0.4, 0.5) is 0 Å². The third-order valence-corrected chi connectivity index (χ3v) is 3.72. The third-order valence-electron chi connectivity index (χ3n) is 2.23. The molecule has 3 nitrogen and oxygen atoms in total. The monoisotopic (exact) mass is 279 g/mol. The van der Waals surface area contributed by atoms with Crippen LogP contribution in [-0.2, 0) is 10.0 Å². The zero-order chi connectivity index (χ0) is 13.0. The van der Waals surface area contributed by atoms with Crippen LogP contribution in [0.2, 0.25) is 5.02 Å². The Hall–Kier alpha value is -1.65. The summed E-state index contributed by atoms with van der Waals surface area (Å²) < 4.78 is 27.3. The fourth-order valence-corrected chi connectivity index (χ4v) is 2.45. The van der Waals surface area contributed by atoms with Gasteiger partial charge in [-0.2, -0.15) is 12.8 Å². The normalized spacial score (nSPS) is 11.8. The average Bonchev–Trinajstić information content (AvgIpc) is 2.38. The van der Waals surface area contributed by atoms with Gasteiger partial charge in [-0.25, -0.2) is 0 Å². The van der Waals surface area contributed by atoms with Crippen molar-refractivity contribution in [3.8, 4) is 0 Å². The molecule has 0 radical (unpaired) electrons. The van der Waals surface area contributed by atoms with Gasteiger partial charge in [0.1, 0.15) is 0 Å². The molecule has 0 unspecified atom stereocenters. The van der Waals surface area contributed by atoms with Gasteiger partial charge in [-0.15, -0.1) is 0 Å². The highest BCUT2D eigenvalue weighted by molar-refractivity contribution is 7.90. The summed E-state index contributed by atoms with van der Waals surface area (Å²) in [5.74, 6) is 0. The molecule has 0 aliphatic carbocycles. The molecule has 0 bridgehead atoms. The molecule has 0 amide bonds. The summed E-state index contributed by atoms with van der Waals surface area (Å²) in [6.07, 6.45) is 1.29. The summed E-state index contributed by atoms with van der Waals surface area (Å²) in [5.41, 5.74) is 0.641. The van der Waals surface area contributed by atoms with Crippen LogP contribution in [-0.4, -0.2) is 14.6 Å². The van der Waals surface area contributed by atoms with E-state index in [0.717, 1.165) is 0 Å². The minimum Gasteiger partial charge on any atom is -0.199 e. The molecular weight excluding hydrogens is 270 g/mol. The molecule has 0 saturated carbocycles. The van der Waals surface area contributed by atoms with Crippen LogP contribution >= 0.6 is 11.6 Å². The third kappa shape index (κ3) is 3.18. The Morgan fingerprint density at radius 2 is 1.72 bits per heavy atom. The lowest BCUT2D eigenvalue weighted by atomic mass is 10.2. The summed E-state index contributed by atoms with van der Waals surface area (Å²) in [5, 5.41) is 0.538. The van der Waals surface area contributed by atoms with Crippen molar-refractivity contribution in [2.24, 2.45) is 4.40 Å². The van der Waals surface area contributed by atoms with Gasteiger partial charge in [0.15, 0.2) is 0 Å². The highest BCUT2D eigenvalue weighted by Gasteiger charge is 2.09. The maximum Gasteiger partial charge on any atom is 0.282 e. The van der Waals surface area contributed by atoms with E-state index in [4.69, 9.17) is 11.6 Å². The summed E-state index contributed by atoms with van der Waals surface area (Å²) in [4.78, 5) is 0.170. The van der Waals surface area contributed by atoms with E-state index in [2.05, 4.69) is 4.40 Å². The molecule has 0 N–H and O–H groups in total. The van der Waals surface area contributed by atoms with Crippen molar-refractivity contribution in [1.29, 1.82) is 0 Å². The van der Waals surface area contributed by atoms with Gasteiger partial charge in [-0.1, -0.05) is 41.9 Å². The maximum absolute atomic E-state index is 11.9. The molecule has 0 saturated heterocycles. The number of hydrogen-bond donors (Lipinski definition) is 0. The van der Waals surface area contributed by atoms with Gasteiger partial charge in [0.25, 0.3) is 10.0 Å². The summed E-state index contributed by atoms with van der Waals surface area (Å²) in [6.45, 7) is 0. The molecule has 0 spiro atoms. The van der Waals surface area contributed by atoms with Crippen LogP contribution in [0.25, 0.3) is 0 Å². The van der Waals surface area contributed by atoms with Gasteiger partial charge in [-0.05, 0) is 29.8 Å². The highest BCUT2D eigenvalue weighted by Crippen LogP contribution is 2.12. The van der Waals surface area contributed by atoms with Crippen molar-refractivity contribution < 1.29 is 8.42 Å². The molecule has 0 atom stereocenters. The lowest BCUT2D eigenvalue weighted by Gasteiger charge is -1.97. The van der Waals surface area contributed by atoms with E-state index in [1.807, 2.05) is 0 Å². The first kappa shape index (κ1) is 12.8. The SMILES string of the molecule is O=S(=O)(/N=C\c1cccc(Cl)c1)c1ccccc1. The molecule has 2 rings (SSSR count). The Morgan fingerprint density at radius 3 is 2.39 bits per heavy atom. The first-order chi connectivity index (χ1) is 8.58. The van der Waals surface area contributed by atoms with Crippen LogP contribution < -0.4 is 0 Å². The Labute approximate surface area is 111 Å². The standard InChI is InChI=1S/C13H10ClNO2S/c14-12-6-4-5-11(9-12)10-15-18(16,17)13-7-2-1-3-8-13/h1-10H/b15-10-. The van der Waals surface area contributed by atoms with Crippen LogP contribution in [0.3, 0.4) is 0 Å². The van der Waals surface area contributed by atoms with E-state index in [0.29, 0.717) is 10.6 Å². The second-order valence-corrected chi connectivity index (χ2v) is 5.65. The predicted octanol–water partition coefficient (Wildman–Crippen LogP) is 3.15. The molecule has 2 aromatic rings. The molecule has 0 heterocycles. The van der Waals surface area contributed by atoms with Gasteiger partial charge in [0.05, 0.1) is 4.90 Å². The van der Waals surface area contributed by atoms with Crippen molar-refractivity contribution in [3.05, 3.63) is 65.2 Å².